The van der Waals surface area contributed by atoms with Gasteiger partial charge in [0.05, 0.1) is 18.2 Å². The SMILES string of the molecule is COc1ccccc1-c1ccc(C(=O)NCc2cc(C(F)(F)F)cc(C(F)(F)F)c2)cc1. The van der Waals surface area contributed by atoms with Gasteiger partial charge in [0.1, 0.15) is 5.75 Å². The minimum absolute atomic E-state index is 0.0436. The number of carbonyl (C=O) groups excluding carboxylic acids is 1. The molecular formula is C23H17F6NO2. The normalized spacial score (nSPS) is 11.8. The second kappa shape index (κ2) is 8.94. The molecule has 0 aromatic heterocycles. The van der Waals surface area contributed by atoms with Crippen molar-refractivity contribution in [1.29, 1.82) is 0 Å². The molecule has 0 unspecified atom stereocenters. The molecule has 0 spiro atoms. The molecule has 0 heterocycles. The average Bonchev–Trinajstić information content (AvgIpc) is 2.76. The predicted octanol–water partition coefficient (Wildman–Crippen LogP) is 6.33. The van der Waals surface area contributed by atoms with Gasteiger partial charge in [0, 0.05) is 17.7 Å². The van der Waals surface area contributed by atoms with Crippen LogP contribution in [0.5, 0.6) is 5.75 Å². The molecule has 1 amide bonds. The second-order valence-electron chi connectivity index (χ2n) is 6.87. The van der Waals surface area contributed by atoms with E-state index in [2.05, 4.69) is 5.32 Å². The summed E-state index contributed by atoms with van der Waals surface area (Å²) in [5.74, 6) is -0.00253. The fraction of sp³-hybridized carbons (Fsp3) is 0.174. The molecule has 0 bridgehead atoms. The first-order chi connectivity index (χ1) is 15.0. The molecule has 0 aliphatic rings. The van der Waals surface area contributed by atoms with E-state index in [4.69, 9.17) is 4.74 Å². The van der Waals surface area contributed by atoms with E-state index in [1.54, 1.807) is 18.2 Å². The summed E-state index contributed by atoms with van der Waals surface area (Å²) in [5, 5.41) is 2.36. The second-order valence-corrected chi connectivity index (χ2v) is 6.87. The summed E-state index contributed by atoms with van der Waals surface area (Å²) >= 11 is 0. The number of nitrogens with one attached hydrogen (secondary N) is 1. The summed E-state index contributed by atoms with van der Waals surface area (Å²) in [6.45, 7) is -0.500. The van der Waals surface area contributed by atoms with Crippen molar-refractivity contribution in [3.8, 4) is 16.9 Å². The Balaban J connectivity index is 1.77. The Bertz CT molecular complexity index is 1070. The molecule has 0 aliphatic carbocycles. The molecular weight excluding hydrogens is 436 g/mol. The van der Waals surface area contributed by atoms with Crippen molar-refractivity contribution in [3.05, 3.63) is 89.0 Å². The zero-order valence-corrected chi connectivity index (χ0v) is 16.6. The highest BCUT2D eigenvalue weighted by atomic mass is 19.4. The Morgan fingerprint density at radius 2 is 1.41 bits per heavy atom. The quantitative estimate of drug-likeness (QED) is 0.459. The van der Waals surface area contributed by atoms with Crippen molar-refractivity contribution in [2.45, 2.75) is 18.9 Å². The number of halogens is 6. The number of rotatable bonds is 5. The van der Waals surface area contributed by atoms with Crippen molar-refractivity contribution >= 4 is 5.91 Å². The van der Waals surface area contributed by atoms with Crippen LogP contribution in [0, 0.1) is 0 Å². The third-order valence-electron chi connectivity index (χ3n) is 4.67. The molecule has 3 rings (SSSR count). The maximum absolute atomic E-state index is 13.0. The van der Waals surface area contributed by atoms with Crippen LogP contribution in [0.2, 0.25) is 0 Å². The topological polar surface area (TPSA) is 38.3 Å². The fourth-order valence-electron chi connectivity index (χ4n) is 3.09. The Hall–Kier alpha value is -3.49. The molecule has 168 valence electrons. The average molecular weight is 453 g/mol. The highest BCUT2D eigenvalue weighted by Gasteiger charge is 2.36. The lowest BCUT2D eigenvalue weighted by Gasteiger charge is -2.14. The predicted molar refractivity (Wildman–Crippen MR) is 106 cm³/mol. The molecule has 32 heavy (non-hydrogen) atoms. The largest absolute Gasteiger partial charge is 0.496 e. The van der Waals surface area contributed by atoms with E-state index in [9.17, 15) is 31.1 Å². The summed E-state index contributed by atoms with van der Waals surface area (Å²) < 4.78 is 83.1. The molecule has 3 nitrogen and oxygen atoms in total. The van der Waals surface area contributed by atoms with Crippen LogP contribution in [-0.4, -0.2) is 13.0 Å². The molecule has 0 saturated carbocycles. The first-order valence-electron chi connectivity index (χ1n) is 9.29. The van der Waals surface area contributed by atoms with Gasteiger partial charge >= 0.3 is 12.4 Å². The van der Waals surface area contributed by atoms with E-state index in [0.29, 0.717) is 17.9 Å². The molecule has 9 heteroatoms. The van der Waals surface area contributed by atoms with Gasteiger partial charge in [0.25, 0.3) is 5.91 Å². The van der Waals surface area contributed by atoms with Gasteiger partial charge in [-0.2, -0.15) is 26.3 Å². The molecule has 0 fully saturated rings. The Morgan fingerprint density at radius 3 is 1.94 bits per heavy atom. The van der Waals surface area contributed by atoms with E-state index < -0.39 is 35.9 Å². The summed E-state index contributed by atoms with van der Waals surface area (Å²) in [6.07, 6.45) is -9.90. The number of hydrogen-bond acceptors (Lipinski definition) is 2. The van der Waals surface area contributed by atoms with Crippen molar-refractivity contribution in [3.63, 3.8) is 0 Å². The molecule has 0 radical (unpaired) electrons. The summed E-state index contributed by atoms with van der Waals surface area (Å²) in [7, 11) is 1.53. The Kier molecular flexibility index (Phi) is 6.47. The lowest BCUT2D eigenvalue weighted by molar-refractivity contribution is -0.143. The van der Waals surface area contributed by atoms with Crippen molar-refractivity contribution in [2.24, 2.45) is 0 Å². The maximum atomic E-state index is 13.0. The highest BCUT2D eigenvalue weighted by molar-refractivity contribution is 5.94. The van der Waals surface area contributed by atoms with E-state index in [0.717, 1.165) is 11.1 Å². The van der Waals surface area contributed by atoms with Gasteiger partial charge in [-0.1, -0.05) is 30.3 Å². The van der Waals surface area contributed by atoms with Gasteiger partial charge in [0.2, 0.25) is 0 Å². The first kappa shape index (κ1) is 23.2. The molecule has 3 aromatic rings. The van der Waals surface area contributed by atoms with Crippen molar-refractivity contribution < 1.29 is 35.9 Å². The third kappa shape index (κ3) is 5.40. The van der Waals surface area contributed by atoms with E-state index >= 15 is 0 Å². The lowest BCUT2D eigenvalue weighted by atomic mass is 10.0. The molecule has 0 atom stereocenters. The fourth-order valence-corrected chi connectivity index (χ4v) is 3.09. The minimum Gasteiger partial charge on any atom is -0.496 e. The lowest BCUT2D eigenvalue weighted by Crippen LogP contribution is -2.23. The van der Waals surface area contributed by atoms with Crippen LogP contribution in [0.1, 0.15) is 27.0 Å². The van der Waals surface area contributed by atoms with Crippen LogP contribution < -0.4 is 10.1 Å². The van der Waals surface area contributed by atoms with Gasteiger partial charge in [-0.25, -0.2) is 0 Å². The first-order valence-corrected chi connectivity index (χ1v) is 9.29. The van der Waals surface area contributed by atoms with Gasteiger partial charge in [-0.05, 0) is 47.5 Å². The zero-order valence-electron chi connectivity index (χ0n) is 16.6. The number of para-hydroxylation sites is 1. The van der Waals surface area contributed by atoms with Gasteiger partial charge < -0.3 is 10.1 Å². The minimum atomic E-state index is -4.95. The van der Waals surface area contributed by atoms with E-state index in [1.807, 2.05) is 18.2 Å². The number of ether oxygens (including phenoxy) is 1. The van der Waals surface area contributed by atoms with Gasteiger partial charge in [0.15, 0.2) is 0 Å². The van der Waals surface area contributed by atoms with E-state index in [1.165, 1.54) is 19.2 Å². The number of amides is 1. The number of methoxy groups -OCH3 is 1. The van der Waals surface area contributed by atoms with Crippen LogP contribution in [0.15, 0.2) is 66.7 Å². The summed E-state index contributed by atoms with van der Waals surface area (Å²) in [4.78, 5) is 12.4. The standard InChI is InChI=1S/C23H17F6NO2/c1-32-20-5-3-2-4-19(20)15-6-8-16(9-7-15)21(31)30-13-14-10-17(22(24,25)26)12-18(11-14)23(27,28)29/h2-12H,13H2,1H3,(H,30,31). The Labute approximate surface area is 179 Å². The van der Waals surface area contributed by atoms with Crippen LogP contribution >= 0.6 is 0 Å². The highest BCUT2D eigenvalue weighted by Crippen LogP contribution is 2.36. The Morgan fingerprint density at radius 1 is 0.844 bits per heavy atom. The van der Waals surface area contributed by atoms with Crippen LogP contribution in [-0.2, 0) is 18.9 Å². The van der Waals surface area contributed by atoms with E-state index in [-0.39, 0.29) is 17.2 Å². The summed E-state index contributed by atoms with van der Waals surface area (Å²) in [5.41, 5.74) is -1.41. The molecule has 3 aromatic carbocycles. The van der Waals surface area contributed by atoms with Crippen LogP contribution in [0.4, 0.5) is 26.3 Å². The van der Waals surface area contributed by atoms with Crippen LogP contribution in [0.3, 0.4) is 0 Å². The molecule has 0 saturated heterocycles. The molecule has 0 aliphatic heterocycles. The smallest absolute Gasteiger partial charge is 0.416 e. The van der Waals surface area contributed by atoms with Crippen molar-refractivity contribution in [2.75, 3.05) is 7.11 Å². The van der Waals surface area contributed by atoms with Crippen LogP contribution in [0.25, 0.3) is 11.1 Å². The molecule has 1 N–H and O–H groups in total. The monoisotopic (exact) mass is 453 g/mol. The van der Waals surface area contributed by atoms with Gasteiger partial charge in [-0.3, -0.25) is 4.79 Å². The number of hydrogen-bond donors (Lipinski definition) is 1. The number of benzene rings is 3. The summed E-state index contributed by atoms with van der Waals surface area (Å²) in [6, 6.07) is 14.8. The number of carbonyl (C=O) groups is 1. The third-order valence-corrected chi connectivity index (χ3v) is 4.67. The van der Waals surface area contributed by atoms with Crippen molar-refractivity contribution in [1.82, 2.24) is 5.32 Å². The maximum Gasteiger partial charge on any atom is 0.416 e. The van der Waals surface area contributed by atoms with Gasteiger partial charge in [-0.15, -0.1) is 0 Å². The number of alkyl halides is 6. The zero-order chi connectivity index (χ0) is 23.5.